The molecular formula is C18H23FN4O3. The third kappa shape index (κ3) is 5.52. The number of piperazine rings is 1. The van der Waals surface area contributed by atoms with Gasteiger partial charge in [-0.3, -0.25) is 19.8 Å². The standard InChI is InChI=1S/C18H23FN4O3/c19-14-3-1-13(2-4-14)11-17(25)23-9-7-22(8-10-23)12-16(24)21-18(26)20-15-5-6-15/h1-4,15H,5-12H2,(H2,20,21,24,26). The molecule has 0 spiro atoms. The molecule has 0 unspecified atom stereocenters. The van der Waals surface area contributed by atoms with Crippen molar-refractivity contribution in [3.05, 3.63) is 35.6 Å². The molecule has 1 aliphatic carbocycles. The van der Waals surface area contributed by atoms with Gasteiger partial charge in [0.25, 0.3) is 0 Å². The van der Waals surface area contributed by atoms with Crippen molar-refractivity contribution < 1.29 is 18.8 Å². The first-order chi connectivity index (χ1) is 12.5. The minimum absolute atomic E-state index is 0.00970. The van der Waals surface area contributed by atoms with Gasteiger partial charge in [-0.2, -0.15) is 0 Å². The van der Waals surface area contributed by atoms with Gasteiger partial charge < -0.3 is 10.2 Å². The van der Waals surface area contributed by atoms with Gasteiger partial charge in [0, 0.05) is 32.2 Å². The van der Waals surface area contributed by atoms with Crippen LogP contribution in [0.5, 0.6) is 0 Å². The summed E-state index contributed by atoms with van der Waals surface area (Å²) in [6.07, 6.45) is 2.17. The number of halogens is 1. The SMILES string of the molecule is O=C(CN1CCN(C(=O)Cc2ccc(F)cc2)CC1)NC(=O)NC1CC1. The van der Waals surface area contributed by atoms with Crippen molar-refractivity contribution in [1.82, 2.24) is 20.4 Å². The Balaban J connectivity index is 1.37. The van der Waals surface area contributed by atoms with Crippen LogP contribution in [-0.4, -0.2) is 66.4 Å². The normalized spacial score (nSPS) is 17.7. The third-order valence-electron chi connectivity index (χ3n) is 4.53. The van der Waals surface area contributed by atoms with E-state index in [4.69, 9.17) is 0 Å². The lowest BCUT2D eigenvalue weighted by atomic mass is 10.1. The zero-order valence-electron chi connectivity index (χ0n) is 14.5. The molecule has 0 atom stereocenters. The van der Waals surface area contributed by atoms with Gasteiger partial charge in [-0.15, -0.1) is 0 Å². The molecule has 0 aromatic heterocycles. The second-order valence-corrected chi connectivity index (χ2v) is 6.76. The van der Waals surface area contributed by atoms with Crippen LogP contribution in [-0.2, 0) is 16.0 Å². The summed E-state index contributed by atoms with van der Waals surface area (Å²) in [6.45, 7) is 2.35. The van der Waals surface area contributed by atoms with Gasteiger partial charge in [0.15, 0.2) is 0 Å². The van der Waals surface area contributed by atoms with Crippen molar-refractivity contribution in [2.45, 2.75) is 25.3 Å². The average Bonchev–Trinajstić information content (AvgIpc) is 3.41. The summed E-state index contributed by atoms with van der Waals surface area (Å²) in [5.74, 6) is -0.669. The summed E-state index contributed by atoms with van der Waals surface area (Å²) in [7, 11) is 0. The average molecular weight is 362 g/mol. The number of imide groups is 1. The van der Waals surface area contributed by atoms with Crippen LogP contribution in [0.2, 0.25) is 0 Å². The molecule has 1 aromatic carbocycles. The summed E-state index contributed by atoms with van der Waals surface area (Å²) < 4.78 is 12.9. The van der Waals surface area contributed by atoms with Crippen LogP contribution in [0.4, 0.5) is 9.18 Å². The number of benzene rings is 1. The highest BCUT2D eigenvalue weighted by Crippen LogP contribution is 2.18. The van der Waals surface area contributed by atoms with E-state index in [0.717, 1.165) is 18.4 Å². The molecule has 4 amide bonds. The van der Waals surface area contributed by atoms with E-state index in [0.29, 0.717) is 26.2 Å². The number of carbonyl (C=O) groups excluding carboxylic acids is 3. The van der Waals surface area contributed by atoms with Gasteiger partial charge in [0.05, 0.1) is 13.0 Å². The molecule has 1 saturated carbocycles. The Kier molecular flexibility index (Phi) is 5.82. The molecule has 2 fully saturated rings. The van der Waals surface area contributed by atoms with Crippen LogP contribution >= 0.6 is 0 Å². The molecule has 140 valence electrons. The first kappa shape index (κ1) is 18.3. The van der Waals surface area contributed by atoms with Gasteiger partial charge >= 0.3 is 6.03 Å². The molecule has 3 rings (SSSR count). The predicted molar refractivity (Wildman–Crippen MR) is 92.8 cm³/mol. The van der Waals surface area contributed by atoms with Crippen molar-refractivity contribution in [2.75, 3.05) is 32.7 Å². The van der Waals surface area contributed by atoms with E-state index >= 15 is 0 Å². The van der Waals surface area contributed by atoms with E-state index in [-0.39, 0.29) is 36.6 Å². The Morgan fingerprint density at radius 2 is 1.69 bits per heavy atom. The van der Waals surface area contributed by atoms with Crippen molar-refractivity contribution in [1.29, 1.82) is 0 Å². The predicted octanol–water partition coefficient (Wildman–Crippen LogP) is 0.501. The van der Waals surface area contributed by atoms with Gasteiger partial charge in [-0.05, 0) is 30.5 Å². The van der Waals surface area contributed by atoms with E-state index in [2.05, 4.69) is 10.6 Å². The number of nitrogens with zero attached hydrogens (tertiary/aromatic N) is 2. The summed E-state index contributed by atoms with van der Waals surface area (Å²) in [5, 5.41) is 5.03. The molecular weight excluding hydrogens is 339 g/mol. The van der Waals surface area contributed by atoms with E-state index in [1.165, 1.54) is 12.1 Å². The smallest absolute Gasteiger partial charge is 0.321 e. The summed E-state index contributed by atoms with van der Waals surface area (Å²) in [5.41, 5.74) is 0.778. The highest BCUT2D eigenvalue weighted by Gasteiger charge is 2.25. The summed E-state index contributed by atoms with van der Waals surface area (Å²) >= 11 is 0. The maximum absolute atomic E-state index is 12.9. The quantitative estimate of drug-likeness (QED) is 0.799. The molecule has 1 aromatic rings. The number of nitrogens with one attached hydrogen (secondary N) is 2. The van der Waals surface area contributed by atoms with Crippen molar-refractivity contribution in [3.8, 4) is 0 Å². The second-order valence-electron chi connectivity index (χ2n) is 6.76. The fourth-order valence-electron chi connectivity index (χ4n) is 2.86. The van der Waals surface area contributed by atoms with Gasteiger partial charge in [-0.25, -0.2) is 9.18 Å². The fourth-order valence-corrected chi connectivity index (χ4v) is 2.86. The van der Waals surface area contributed by atoms with Crippen LogP contribution in [0.3, 0.4) is 0 Å². The first-order valence-corrected chi connectivity index (χ1v) is 8.84. The summed E-state index contributed by atoms with van der Waals surface area (Å²) in [4.78, 5) is 39.4. The highest BCUT2D eigenvalue weighted by atomic mass is 19.1. The van der Waals surface area contributed by atoms with Crippen molar-refractivity contribution >= 4 is 17.8 Å². The Morgan fingerprint density at radius 3 is 2.31 bits per heavy atom. The zero-order chi connectivity index (χ0) is 18.5. The van der Waals surface area contributed by atoms with Crippen LogP contribution in [0.15, 0.2) is 24.3 Å². The van der Waals surface area contributed by atoms with Crippen molar-refractivity contribution in [2.24, 2.45) is 0 Å². The Hall–Kier alpha value is -2.48. The highest BCUT2D eigenvalue weighted by molar-refractivity contribution is 5.95. The second kappa shape index (κ2) is 8.27. The maximum Gasteiger partial charge on any atom is 0.321 e. The van der Waals surface area contributed by atoms with E-state index in [9.17, 15) is 18.8 Å². The summed E-state index contributed by atoms with van der Waals surface area (Å²) in [6, 6.07) is 5.68. The topological polar surface area (TPSA) is 81.8 Å². The molecule has 2 N–H and O–H groups in total. The van der Waals surface area contributed by atoms with E-state index in [1.54, 1.807) is 17.0 Å². The number of hydrogen-bond acceptors (Lipinski definition) is 4. The number of amides is 4. The van der Waals surface area contributed by atoms with Gasteiger partial charge in [0.2, 0.25) is 11.8 Å². The molecule has 26 heavy (non-hydrogen) atoms. The van der Waals surface area contributed by atoms with Crippen LogP contribution < -0.4 is 10.6 Å². The molecule has 0 bridgehead atoms. The number of urea groups is 1. The van der Waals surface area contributed by atoms with Crippen LogP contribution in [0, 0.1) is 5.82 Å². The molecule has 7 nitrogen and oxygen atoms in total. The number of hydrogen-bond donors (Lipinski definition) is 2. The van der Waals surface area contributed by atoms with Crippen LogP contribution in [0.25, 0.3) is 0 Å². The molecule has 1 saturated heterocycles. The molecule has 1 heterocycles. The lowest BCUT2D eigenvalue weighted by Crippen LogP contribution is -2.52. The Labute approximate surface area is 151 Å². The van der Waals surface area contributed by atoms with Gasteiger partial charge in [-0.1, -0.05) is 12.1 Å². The molecule has 2 aliphatic rings. The maximum atomic E-state index is 12.9. The number of carbonyl (C=O) groups is 3. The van der Waals surface area contributed by atoms with Gasteiger partial charge in [0.1, 0.15) is 5.82 Å². The minimum atomic E-state index is -0.439. The first-order valence-electron chi connectivity index (χ1n) is 8.84. The monoisotopic (exact) mass is 362 g/mol. The van der Waals surface area contributed by atoms with E-state index in [1.807, 2.05) is 4.90 Å². The van der Waals surface area contributed by atoms with E-state index < -0.39 is 6.03 Å². The minimum Gasteiger partial charge on any atom is -0.340 e. The zero-order valence-corrected chi connectivity index (χ0v) is 14.5. The molecule has 0 radical (unpaired) electrons. The van der Waals surface area contributed by atoms with Crippen LogP contribution in [0.1, 0.15) is 18.4 Å². The molecule has 1 aliphatic heterocycles. The lowest BCUT2D eigenvalue weighted by molar-refractivity contribution is -0.132. The fraction of sp³-hybridized carbons (Fsp3) is 0.500. The number of rotatable bonds is 5. The Morgan fingerprint density at radius 1 is 1.04 bits per heavy atom. The Bertz CT molecular complexity index is 668. The lowest BCUT2D eigenvalue weighted by Gasteiger charge is -2.34. The third-order valence-corrected chi connectivity index (χ3v) is 4.53. The largest absolute Gasteiger partial charge is 0.340 e. The molecule has 8 heteroatoms. The van der Waals surface area contributed by atoms with Crippen molar-refractivity contribution in [3.63, 3.8) is 0 Å².